The Bertz CT molecular complexity index is 919. The summed E-state index contributed by atoms with van der Waals surface area (Å²) in [5.74, 6) is 0. The van der Waals surface area contributed by atoms with E-state index in [1.165, 1.54) is 44.3 Å². The van der Waals surface area contributed by atoms with E-state index in [-0.39, 0.29) is 4.08 Å². The van der Waals surface area contributed by atoms with Crippen molar-refractivity contribution in [3.63, 3.8) is 0 Å². The molecule has 22 heavy (non-hydrogen) atoms. The van der Waals surface area contributed by atoms with Crippen LogP contribution >= 0.6 is 23.1 Å². The highest BCUT2D eigenvalue weighted by Crippen LogP contribution is 2.55. The van der Waals surface area contributed by atoms with Gasteiger partial charge in [-0.3, -0.25) is 4.21 Å². The van der Waals surface area contributed by atoms with Crippen LogP contribution in [0, 0.1) is 0 Å². The second-order valence-corrected chi connectivity index (χ2v) is 10.7. The normalized spacial score (nSPS) is 23.4. The zero-order chi connectivity index (χ0) is 14.7. The van der Waals surface area contributed by atoms with E-state index in [9.17, 15) is 4.21 Å². The highest BCUT2D eigenvalue weighted by Gasteiger charge is 2.43. The van der Waals surface area contributed by atoms with Crippen molar-refractivity contribution in [2.24, 2.45) is 0 Å². The highest BCUT2D eigenvalue weighted by molar-refractivity contribution is 8.13. The van der Waals surface area contributed by atoms with Crippen LogP contribution < -0.4 is 0 Å². The van der Waals surface area contributed by atoms with E-state index in [0.29, 0.717) is 0 Å². The van der Waals surface area contributed by atoms with Crippen LogP contribution in [-0.2, 0) is 10.8 Å². The Labute approximate surface area is 140 Å². The smallest absolute Gasteiger partial charge is 0.100 e. The molecule has 3 aromatic rings. The van der Waals surface area contributed by atoms with E-state index in [4.69, 9.17) is 0 Å². The van der Waals surface area contributed by atoms with Crippen molar-refractivity contribution in [1.82, 2.24) is 0 Å². The molecule has 2 heterocycles. The Balaban J connectivity index is 1.90. The molecule has 1 nitrogen and oxygen atoms in total. The average molecular weight is 345 g/mol. The molecule has 0 bridgehead atoms. The van der Waals surface area contributed by atoms with E-state index < -0.39 is 10.8 Å². The standard InChI is InChI=1S/C18H16OS3/c19-22-15-9-5-7-13-17(15)16-12(20-13)6-4-8-14(16)21-18(22)10-2-1-3-11-18/h4-9H,1-3,10-11H2. The lowest BCUT2D eigenvalue weighted by Gasteiger charge is -2.35. The topological polar surface area (TPSA) is 17.1 Å². The molecule has 1 fully saturated rings. The Kier molecular flexibility index (Phi) is 2.98. The Morgan fingerprint density at radius 1 is 0.909 bits per heavy atom. The van der Waals surface area contributed by atoms with Gasteiger partial charge in [-0.1, -0.05) is 31.4 Å². The zero-order valence-corrected chi connectivity index (χ0v) is 14.6. The molecule has 1 unspecified atom stereocenters. The molecule has 1 aliphatic carbocycles. The minimum absolute atomic E-state index is 0.114. The second kappa shape index (κ2) is 4.83. The van der Waals surface area contributed by atoms with Crippen LogP contribution in [0.5, 0.6) is 0 Å². The summed E-state index contributed by atoms with van der Waals surface area (Å²) in [4.78, 5) is 2.41. The predicted molar refractivity (Wildman–Crippen MR) is 97.4 cm³/mol. The lowest BCUT2D eigenvalue weighted by atomic mass is 10.00. The molecule has 5 rings (SSSR count). The minimum Gasteiger partial charge on any atom is -0.253 e. The molecular formula is C18H16OS3. The minimum atomic E-state index is -0.931. The molecule has 112 valence electrons. The number of thiophene rings is 1. The van der Waals surface area contributed by atoms with Crippen molar-refractivity contribution in [1.29, 1.82) is 0 Å². The number of hydrogen-bond acceptors (Lipinski definition) is 3. The summed E-state index contributed by atoms with van der Waals surface area (Å²) in [6.07, 6.45) is 5.85. The fourth-order valence-corrected chi connectivity index (χ4v) is 9.00. The van der Waals surface area contributed by atoms with Gasteiger partial charge in [0.05, 0.1) is 10.8 Å². The van der Waals surface area contributed by atoms with Crippen molar-refractivity contribution < 1.29 is 4.21 Å². The maximum Gasteiger partial charge on any atom is 0.100 e. The fraction of sp³-hybridized carbons (Fsp3) is 0.333. The first-order valence-corrected chi connectivity index (χ1v) is 10.6. The summed E-state index contributed by atoms with van der Waals surface area (Å²) in [7, 11) is -0.931. The van der Waals surface area contributed by atoms with Gasteiger partial charge in [-0.15, -0.1) is 23.1 Å². The maximum absolute atomic E-state index is 13.5. The summed E-state index contributed by atoms with van der Waals surface area (Å²) in [5, 5.41) is 2.60. The third-order valence-corrected chi connectivity index (χ3v) is 9.88. The van der Waals surface area contributed by atoms with Crippen molar-refractivity contribution >= 4 is 54.1 Å². The molecular weight excluding hydrogens is 328 g/mol. The van der Waals surface area contributed by atoms with E-state index in [1.54, 1.807) is 0 Å². The average Bonchev–Trinajstić information content (AvgIpc) is 2.90. The van der Waals surface area contributed by atoms with Crippen LogP contribution in [0.2, 0.25) is 0 Å². The van der Waals surface area contributed by atoms with Crippen LogP contribution in [0.3, 0.4) is 0 Å². The molecule has 0 N–H and O–H groups in total. The van der Waals surface area contributed by atoms with Gasteiger partial charge in [0.25, 0.3) is 0 Å². The lowest BCUT2D eigenvalue weighted by molar-refractivity contribution is 0.479. The van der Waals surface area contributed by atoms with Gasteiger partial charge >= 0.3 is 0 Å². The van der Waals surface area contributed by atoms with Crippen LogP contribution in [0.1, 0.15) is 32.1 Å². The predicted octanol–water partition coefficient (Wildman–Crippen LogP) is 5.93. The van der Waals surface area contributed by atoms with E-state index >= 15 is 0 Å². The van der Waals surface area contributed by atoms with Crippen molar-refractivity contribution in [2.45, 2.75) is 46.0 Å². The zero-order valence-electron chi connectivity index (χ0n) is 12.1. The van der Waals surface area contributed by atoms with Gasteiger partial charge in [-0.2, -0.15) is 0 Å². The van der Waals surface area contributed by atoms with Gasteiger partial charge < -0.3 is 0 Å². The molecule has 1 aliphatic heterocycles. The van der Waals surface area contributed by atoms with E-state index in [0.717, 1.165) is 17.7 Å². The van der Waals surface area contributed by atoms with E-state index in [2.05, 4.69) is 36.4 Å². The number of thioether (sulfide) groups is 1. The van der Waals surface area contributed by atoms with E-state index in [1.807, 2.05) is 23.1 Å². The summed E-state index contributed by atoms with van der Waals surface area (Å²) in [6, 6.07) is 12.9. The summed E-state index contributed by atoms with van der Waals surface area (Å²) < 4.78 is 16.0. The molecule has 1 saturated carbocycles. The van der Waals surface area contributed by atoms with Crippen molar-refractivity contribution in [3.8, 4) is 0 Å². The molecule has 0 saturated heterocycles. The van der Waals surface area contributed by atoms with Gasteiger partial charge in [-0.05, 0) is 37.1 Å². The number of rotatable bonds is 0. The van der Waals surface area contributed by atoms with Gasteiger partial charge in [0.1, 0.15) is 4.08 Å². The molecule has 0 amide bonds. The van der Waals surface area contributed by atoms with Crippen molar-refractivity contribution in [3.05, 3.63) is 36.4 Å². The van der Waals surface area contributed by atoms with Crippen LogP contribution in [0.15, 0.2) is 46.2 Å². The third kappa shape index (κ3) is 1.75. The van der Waals surface area contributed by atoms with Crippen LogP contribution in [-0.4, -0.2) is 8.29 Å². The van der Waals surface area contributed by atoms with Gasteiger partial charge in [0.2, 0.25) is 0 Å². The molecule has 1 aromatic heterocycles. The quantitative estimate of drug-likeness (QED) is 0.503. The van der Waals surface area contributed by atoms with Gasteiger partial charge in [-0.25, -0.2) is 0 Å². The third-order valence-electron chi connectivity index (χ3n) is 4.89. The number of hydrogen-bond donors (Lipinski definition) is 0. The largest absolute Gasteiger partial charge is 0.253 e. The summed E-state index contributed by atoms with van der Waals surface area (Å²) in [6.45, 7) is 0. The van der Waals surface area contributed by atoms with Gasteiger partial charge in [0.15, 0.2) is 0 Å². The van der Waals surface area contributed by atoms with Crippen LogP contribution in [0.25, 0.3) is 20.2 Å². The first-order valence-electron chi connectivity index (χ1n) is 7.84. The van der Waals surface area contributed by atoms with Crippen LogP contribution in [0.4, 0.5) is 0 Å². The highest BCUT2D eigenvalue weighted by atomic mass is 32.2. The lowest BCUT2D eigenvalue weighted by Crippen LogP contribution is -2.32. The Morgan fingerprint density at radius 2 is 1.64 bits per heavy atom. The SMILES string of the molecule is O=S1c2cccc3sc4cccc(c4c23)SC12CCCCC2. The monoisotopic (exact) mass is 344 g/mol. The molecule has 2 aromatic carbocycles. The summed E-state index contributed by atoms with van der Waals surface area (Å²) in [5.41, 5.74) is 0. The maximum atomic E-state index is 13.5. The molecule has 0 radical (unpaired) electrons. The number of benzene rings is 2. The van der Waals surface area contributed by atoms with Crippen molar-refractivity contribution in [2.75, 3.05) is 0 Å². The molecule has 1 spiro atoms. The first-order chi connectivity index (χ1) is 10.8. The Hall–Kier alpha value is -0.840. The first kappa shape index (κ1) is 13.6. The summed E-state index contributed by atoms with van der Waals surface area (Å²) >= 11 is 3.73. The Morgan fingerprint density at radius 3 is 2.45 bits per heavy atom. The molecule has 2 aliphatic rings. The second-order valence-electron chi connectivity index (χ2n) is 6.20. The van der Waals surface area contributed by atoms with Gasteiger partial charge in [0, 0.05) is 30.0 Å². The molecule has 4 heteroatoms. The fourth-order valence-electron chi connectivity index (χ4n) is 3.86. The molecule has 1 atom stereocenters.